The van der Waals surface area contributed by atoms with E-state index < -0.39 is 11.9 Å². The predicted molar refractivity (Wildman–Crippen MR) is 99.4 cm³/mol. The number of aryl methyl sites for hydroxylation is 1. The van der Waals surface area contributed by atoms with E-state index in [9.17, 15) is 14.4 Å². The van der Waals surface area contributed by atoms with Crippen molar-refractivity contribution >= 4 is 29.3 Å². The normalized spacial score (nSPS) is 16.0. The Labute approximate surface area is 161 Å². The number of esters is 1. The lowest BCUT2D eigenvalue weighted by Gasteiger charge is -2.17. The highest BCUT2D eigenvalue weighted by Crippen LogP contribution is 2.27. The van der Waals surface area contributed by atoms with Crippen LogP contribution in [0.4, 0.5) is 11.5 Å². The number of carbonyl (C=O) groups excluding carboxylic acids is 3. The van der Waals surface area contributed by atoms with E-state index in [1.807, 2.05) is 6.07 Å². The maximum absolute atomic E-state index is 12.6. The molecule has 0 radical (unpaired) electrons. The highest BCUT2D eigenvalue weighted by Gasteiger charge is 2.35. The first-order valence-electron chi connectivity index (χ1n) is 8.75. The zero-order valence-electron chi connectivity index (χ0n) is 15.5. The van der Waals surface area contributed by atoms with Crippen molar-refractivity contribution in [1.29, 1.82) is 5.26 Å². The quantitative estimate of drug-likeness (QED) is 0.784. The number of anilines is 2. The molecule has 144 valence electrons. The Morgan fingerprint density at radius 3 is 2.71 bits per heavy atom. The summed E-state index contributed by atoms with van der Waals surface area (Å²) in [5, 5.41) is 15.7. The summed E-state index contributed by atoms with van der Waals surface area (Å²) in [7, 11) is 1.62. The smallest absolute Gasteiger partial charge is 0.338 e. The summed E-state index contributed by atoms with van der Waals surface area (Å²) in [6.07, 6.45) is 1.43. The van der Waals surface area contributed by atoms with Crippen LogP contribution in [-0.2, 0) is 21.4 Å². The number of hydrogen-bond acceptors (Lipinski definition) is 6. The van der Waals surface area contributed by atoms with E-state index in [4.69, 9.17) is 10.00 Å². The molecular weight excluding hydrogens is 362 g/mol. The van der Waals surface area contributed by atoms with Crippen LogP contribution in [0.15, 0.2) is 30.5 Å². The molecule has 0 spiro atoms. The van der Waals surface area contributed by atoms with Gasteiger partial charge in [-0.25, -0.2) is 4.79 Å². The first kappa shape index (κ1) is 19.1. The van der Waals surface area contributed by atoms with Gasteiger partial charge < -0.3 is 15.0 Å². The van der Waals surface area contributed by atoms with Crippen LogP contribution in [0, 0.1) is 17.2 Å². The molecule has 3 rings (SSSR count). The maximum atomic E-state index is 12.6. The molecule has 2 amide bonds. The molecule has 1 aliphatic rings. The molecule has 1 atom stereocenters. The van der Waals surface area contributed by atoms with Gasteiger partial charge in [-0.1, -0.05) is 0 Å². The third kappa shape index (κ3) is 3.71. The number of nitriles is 1. The van der Waals surface area contributed by atoms with Crippen molar-refractivity contribution in [2.75, 3.05) is 23.4 Å². The molecule has 2 aromatic rings. The van der Waals surface area contributed by atoms with Crippen LogP contribution in [0.5, 0.6) is 0 Å². The van der Waals surface area contributed by atoms with Gasteiger partial charge in [-0.15, -0.1) is 0 Å². The Bertz CT molecular complexity index is 958. The molecule has 1 aliphatic heterocycles. The SMILES string of the molecule is CCOC(=O)c1ccc(N2CC(C(=O)Nc3c(C#N)cnn3C)CC2=O)cc1. The maximum Gasteiger partial charge on any atom is 0.338 e. The fourth-order valence-corrected chi connectivity index (χ4v) is 3.01. The van der Waals surface area contributed by atoms with Crippen molar-refractivity contribution < 1.29 is 19.1 Å². The molecule has 0 aliphatic carbocycles. The Morgan fingerprint density at radius 1 is 1.36 bits per heavy atom. The first-order valence-corrected chi connectivity index (χ1v) is 8.75. The van der Waals surface area contributed by atoms with Crippen LogP contribution < -0.4 is 10.2 Å². The highest BCUT2D eigenvalue weighted by molar-refractivity contribution is 6.03. The van der Waals surface area contributed by atoms with Gasteiger partial charge >= 0.3 is 5.97 Å². The molecule has 0 saturated carbocycles. The minimum atomic E-state index is -0.557. The minimum Gasteiger partial charge on any atom is -0.462 e. The number of aromatic nitrogens is 2. The molecule has 1 aromatic carbocycles. The molecule has 0 bridgehead atoms. The predicted octanol–water partition coefficient (Wildman–Crippen LogP) is 1.46. The summed E-state index contributed by atoms with van der Waals surface area (Å²) >= 11 is 0. The monoisotopic (exact) mass is 381 g/mol. The third-order valence-corrected chi connectivity index (χ3v) is 4.49. The van der Waals surface area contributed by atoms with Crippen molar-refractivity contribution in [3.05, 3.63) is 41.6 Å². The molecule has 1 aromatic heterocycles. The second kappa shape index (κ2) is 7.92. The number of hydrogen-bond donors (Lipinski definition) is 1. The number of nitrogens with one attached hydrogen (secondary N) is 1. The van der Waals surface area contributed by atoms with Crippen LogP contribution in [0.3, 0.4) is 0 Å². The molecule has 1 unspecified atom stereocenters. The average molecular weight is 381 g/mol. The van der Waals surface area contributed by atoms with Crippen molar-refractivity contribution in [2.24, 2.45) is 13.0 Å². The van der Waals surface area contributed by atoms with E-state index in [1.54, 1.807) is 38.2 Å². The molecular formula is C19H19N5O4. The third-order valence-electron chi connectivity index (χ3n) is 4.49. The van der Waals surface area contributed by atoms with Crippen molar-refractivity contribution in [2.45, 2.75) is 13.3 Å². The van der Waals surface area contributed by atoms with E-state index in [0.29, 0.717) is 17.1 Å². The number of rotatable bonds is 5. The Morgan fingerprint density at radius 2 is 2.07 bits per heavy atom. The number of ether oxygens (including phenoxy) is 1. The van der Waals surface area contributed by atoms with Crippen LogP contribution in [0.1, 0.15) is 29.3 Å². The number of benzene rings is 1. The Kier molecular flexibility index (Phi) is 5.40. The number of nitrogens with zero attached hydrogens (tertiary/aromatic N) is 4. The molecule has 2 heterocycles. The zero-order chi connectivity index (χ0) is 20.3. The van der Waals surface area contributed by atoms with E-state index in [1.165, 1.54) is 15.8 Å². The molecule has 1 saturated heterocycles. The van der Waals surface area contributed by atoms with Crippen molar-refractivity contribution in [1.82, 2.24) is 9.78 Å². The van der Waals surface area contributed by atoms with Gasteiger partial charge in [-0.3, -0.25) is 14.3 Å². The summed E-state index contributed by atoms with van der Waals surface area (Å²) in [4.78, 5) is 38.2. The topological polar surface area (TPSA) is 117 Å². The summed E-state index contributed by atoms with van der Waals surface area (Å²) in [6, 6.07) is 8.44. The number of carbonyl (C=O) groups is 3. The van der Waals surface area contributed by atoms with E-state index in [0.717, 1.165) is 0 Å². The fraction of sp³-hybridized carbons (Fsp3) is 0.316. The lowest BCUT2D eigenvalue weighted by atomic mass is 10.1. The second-order valence-corrected chi connectivity index (χ2v) is 6.30. The summed E-state index contributed by atoms with van der Waals surface area (Å²) in [6.45, 7) is 2.22. The van der Waals surface area contributed by atoms with Crippen LogP contribution >= 0.6 is 0 Å². The van der Waals surface area contributed by atoms with Crippen molar-refractivity contribution in [3.63, 3.8) is 0 Å². The Balaban J connectivity index is 1.69. The first-order chi connectivity index (χ1) is 13.4. The van der Waals surface area contributed by atoms with Crippen LogP contribution in [0.2, 0.25) is 0 Å². The van der Waals surface area contributed by atoms with E-state index in [2.05, 4.69) is 10.4 Å². The van der Waals surface area contributed by atoms with E-state index >= 15 is 0 Å². The van der Waals surface area contributed by atoms with Gasteiger partial charge in [0, 0.05) is 25.7 Å². The lowest BCUT2D eigenvalue weighted by Crippen LogP contribution is -2.28. The summed E-state index contributed by atoms with van der Waals surface area (Å²) in [5.74, 6) is -1.21. The van der Waals surface area contributed by atoms with Crippen molar-refractivity contribution in [3.8, 4) is 6.07 Å². The van der Waals surface area contributed by atoms with Gasteiger partial charge in [0.05, 0.1) is 24.3 Å². The second-order valence-electron chi connectivity index (χ2n) is 6.30. The number of amides is 2. The fourth-order valence-electron chi connectivity index (χ4n) is 3.01. The van der Waals surface area contributed by atoms with Gasteiger partial charge in [-0.05, 0) is 31.2 Å². The Hall–Kier alpha value is -3.67. The van der Waals surface area contributed by atoms with Gasteiger partial charge in [0.2, 0.25) is 11.8 Å². The largest absolute Gasteiger partial charge is 0.462 e. The van der Waals surface area contributed by atoms with Gasteiger partial charge in [0.15, 0.2) is 0 Å². The van der Waals surface area contributed by atoms with Gasteiger partial charge in [-0.2, -0.15) is 10.4 Å². The lowest BCUT2D eigenvalue weighted by molar-refractivity contribution is -0.122. The standard InChI is InChI=1S/C19H19N5O4/c1-3-28-19(27)12-4-6-15(7-5-12)24-11-13(8-16(24)25)18(26)22-17-14(9-20)10-21-23(17)2/h4-7,10,13H,3,8,11H2,1-2H3,(H,22,26). The molecule has 9 nitrogen and oxygen atoms in total. The van der Waals surface area contributed by atoms with Crippen LogP contribution in [-0.4, -0.2) is 40.7 Å². The molecule has 9 heteroatoms. The molecule has 1 fully saturated rings. The zero-order valence-corrected chi connectivity index (χ0v) is 15.5. The average Bonchev–Trinajstić information content (AvgIpc) is 3.25. The highest BCUT2D eigenvalue weighted by atomic mass is 16.5. The van der Waals surface area contributed by atoms with Gasteiger partial charge in [0.25, 0.3) is 0 Å². The molecule has 1 N–H and O–H groups in total. The molecule has 28 heavy (non-hydrogen) atoms. The summed E-state index contributed by atoms with van der Waals surface area (Å²) in [5.41, 5.74) is 1.25. The van der Waals surface area contributed by atoms with Crippen LogP contribution in [0.25, 0.3) is 0 Å². The summed E-state index contributed by atoms with van der Waals surface area (Å²) < 4.78 is 6.34. The van der Waals surface area contributed by atoms with Gasteiger partial charge in [0.1, 0.15) is 17.5 Å². The minimum absolute atomic E-state index is 0.0607. The van der Waals surface area contributed by atoms with E-state index in [-0.39, 0.29) is 37.0 Å².